The fourth-order valence-corrected chi connectivity index (χ4v) is 1.95. The molecule has 0 spiro atoms. The summed E-state index contributed by atoms with van der Waals surface area (Å²) in [6.07, 6.45) is 13.0. The van der Waals surface area contributed by atoms with Crippen LogP contribution < -0.4 is 0 Å². The smallest absolute Gasteiger partial charge is 0.0907 e. The number of hydrogen-bond donors (Lipinski definition) is 0. The van der Waals surface area contributed by atoms with Crippen molar-refractivity contribution >= 4 is 0 Å². The maximum Gasteiger partial charge on any atom is 0.0907 e. The van der Waals surface area contributed by atoms with Crippen molar-refractivity contribution in [3.8, 4) is 0 Å². The lowest BCUT2D eigenvalue weighted by Crippen LogP contribution is -1.90. The Morgan fingerprint density at radius 1 is 1.21 bits per heavy atom. The molecule has 1 heteroatoms. The topological polar surface area (TPSA) is 9.23 Å². The monoisotopic (exact) mass is 192 g/mol. The standard InChI is InChI=1S/C13H20O/c1-3-12-8-9-13(11-12)7-5-6-10-14-4-2/h3-5,7,12-13H,1-2,6,8-11H2/b7-5-. The van der Waals surface area contributed by atoms with E-state index in [1.165, 1.54) is 25.5 Å². The van der Waals surface area contributed by atoms with Gasteiger partial charge in [-0.1, -0.05) is 24.8 Å². The molecule has 0 saturated heterocycles. The van der Waals surface area contributed by atoms with E-state index in [9.17, 15) is 0 Å². The molecule has 1 fully saturated rings. The first-order valence-electron chi connectivity index (χ1n) is 5.38. The third-order valence-electron chi connectivity index (χ3n) is 2.78. The van der Waals surface area contributed by atoms with Crippen molar-refractivity contribution in [3.05, 3.63) is 37.6 Å². The molecule has 0 bridgehead atoms. The average Bonchev–Trinajstić information content (AvgIpc) is 2.65. The third-order valence-corrected chi connectivity index (χ3v) is 2.78. The highest BCUT2D eigenvalue weighted by atomic mass is 16.5. The molecule has 0 heterocycles. The van der Waals surface area contributed by atoms with Gasteiger partial charge in [0.15, 0.2) is 0 Å². The molecule has 0 aromatic heterocycles. The summed E-state index contributed by atoms with van der Waals surface area (Å²) >= 11 is 0. The van der Waals surface area contributed by atoms with Crippen LogP contribution in [0.1, 0.15) is 25.7 Å². The third kappa shape index (κ3) is 3.82. The van der Waals surface area contributed by atoms with Gasteiger partial charge < -0.3 is 4.74 Å². The van der Waals surface area contributed by atoms with Crippen LogP contribution in [-0.2, 0) is 4.74 Å². The SMILES string of the molecule is C=COCC/C=C\C1CCC(C=C)C1. The van der Waals surface area contributed by atoms with Crippen LogP contribution in [0.2, 0.25) is 0 Å². The van der Waals surface area contributed by atoms with Crippen LogP contribution in [0, 0.1) is 11.8 Å². The Morgan fingerprint density at radius 3 is 2.64 bits per heavy atom. The van der Waals surface area contributed by atoms with Gasteiger partial charge in [0.1, 0.15) is 0 Å². The van der Waals surface area contributed by atoms with Crippen molar-refractivity contribution < 1.29 is 4.74 Å². The lowest BCUT2D eigenvalue weighted by atomic mass is 10.0. The minimum Gasteiger partial charge on any atom is -0.501 e. The number of rotatable bonds is 6. The van der Waals surface area contributed by atoms with Crippen LogP contribution in [0.4, 0.5) is 0 Å². The molecule has 0 aromatic rings. The molecule has 2 unspecified atom stereocenters. The predicted octanol–water partition coefficient (Wildman–Crippen LogP) is 3.70. The second-order valence-electron chi connectivity index (χ2n) is 3.82. The van der Waals surface area contributed by atoms with E-state index >= 15 is 0 Å². The van der Waals surface area contributed by atoms with Crippen LogP contribution in [0.3, 0.4) is 0 Å². The zero-order valence-corrected chi connectivity index (χ0v) is 8.82. The van der Waals surface area contributed by atoms with E-state index in [0.29, 0.717) is 0 Å². The summed E-state index contributed by atoms with van der Waals surface area (Å²) in [7, 11) is 0. The van der Waals surface area contributed by atoms with Crippen molar-refractivity contribution in [2.75, 3.05) is 6.61 Å². The zero-order chi connectivity index (χ0) is 10.2. The first kappa shape index (κ1) is 11.1. The molecule has 1 aliphatic rings. The number of allylic oxidation sites excluding steroid dienone is 2. The highest BCUT2D eigenvalue weighted by Crippen LogP contribution is 2.32. The van der Waals surface area contributed by atoms with Crippen molar-refractivity contribution in [2.45, 2.75) is 25.7 Å². The van der Waals surface area contributed by atoms with E-state index in [-0.39, 0.29) is 0 Å². The summed E-state index contributed by atoms with van der Waals surface area (Å²) in [4.78, 5) is 0. The van der Waals surface area contributed by atoms with Gasteiger partial charge in [0.25, 0.3) is 0 Å². The normalized spacial score (nSPS) is 26.6. The van der Waals surface area contributed by atoms with Crippen LogP contribution in [0.15, 0.2) is 37.6 Å². The maximum absolute atomic E-state index is 5.04. The first-order valence-corrected chi connectivity index (χ1v) is 5.38. The lowest BCUT2D eigenvalue weighted by Gasteiger charge is -2.02. The molecule has 1 nitrogen and oxygen atoms in total. The van der Waals surface area contributed by atoms with Gasteiger partial charge in [-0.15, -0.1) is 6.58 Å². The van der Waals surface area contributed by atoms with Gasteiger partial charge in [-0.2, -0.15) is 0 Å². The van der Waals surface area contributed by atoms with E-state index in [0.717, 1.165) is 24.9 Å². The quantitative estimate of drug-likeness (QED) is 0.354. The molecule has 0 radical (unpaired) electrons. The van der Waals surface area contributed by atoms with E-state index in [2.05, 4.69) is 31.4 Å². The Labute approximate surface area is 87.2 Å². The average molecular weight is 192 g/mol. The van der Waals surface area contributed by atoms with E-state index < -0.39 is 0 Å². The van der Waals surface area contributed by atoms with Gasteiger partial charge in [-0.25, -0.2) is 0 Å². The molecule has 2 atom stereocenters. The summed E-state index contributed by atoms with van der Waals surface area (Å²) < 4.78 is 5.04. The van der Waals surface area contributed by atoms with E-state index in [1.54, 1.807) is 0 Å². The number of ether oxygens (including phenoxy) is 1. The Morgan fingerprint density at radius 2 is 2.00 bits per heavy atom. The van der Waals surface area contributed by atoms with Crippen molar-refractivity contribution in [1.29, 1.82) is 0 Å². The molecule has 78 valence electrons. The largest absolute Gasteiger partial charge is 0.501 e. The summed E-state index contributed by atoms with van der Waals surface area (Å²) in [5, 5.41) is 0. The number of hydrogen-bond acceptors (Lipinski definition) is 1. The van der Waals surface area contributed by atoms with Gasteiger partial charge in [0.2, 0.25) is 0 Å². The highest BCUT2D eigenvalue weighted by molar-refractivity contribution is 4.96. The first-order chi connectivity index (χ1) is 6.86. The fourth-order valence-electron chi connectivity index (χ4n) is 1.95. The second-order valence-corrected chi connectivity index (χ2v) is 3.82. The van der Waals surface area contributed by atoms with Crippen LogP contribution in [0.25, 0.3) is 0 Å². The molecular formula is C13H20O. The minimum atomic E-state index is 0.745. The summed E-state index contributed by atoms with van der Waals surface area (Å²) in [5.41, 5.74) is 0. The molecular weight excluding hydrogens is 172 g/mol. The van der Waals surface area contributed by atoms with Gasteiger partial charge in [0.05, 0.1) is 12.9 Å². The van der Waals surface area contributed by atoms with Crippen LogP contribution >= 0.6 is 0 Å². The van der Waals surface area contributed by atoms with Gasteiger partial charge >= 0.3 is 0 Å². The lowest BCUT2D eigenvalue weighted by molar-refractivity contribution is 0.257. The second kappa shape index (κ2) is 6.47. The molecule has 0 aromatic carbocycles. The molecule has 0 aliphatic heterocycles. The van der Waals surface area contributed by atoms with E-state index in [4.69, 9.17) is 4.74 Å². The maximum atomic E-state index is 5.04. The Hall–Kier alpha value is -0.980. The fraction of sp³-hybridized carbons (Fsp3) is 0.538. The molecule has 1 aliphatic carbocycles. The Kier molecular flexibility index (Phi) is 5.13. The summed E-state index contributed by atoms with van der Waals surface area (Å²) in [5.74, 6) is 1.51. The van der Waals surface area contributed by atoms with Crippen LogP contribution in [-0.4, -0.2) is 6.61 Å². The van der Waals surface area contributed by atoms with Gasteiger partial charge in [-0.05, 0) is 37.5 Å². The molecule has 0 N–H and O–H groups in total. The molecule has 14 heavy (non-hydrogen) atoms. The predicted molar refractivity (Wildman–Crippen MR) is 60.9 cm³/mol. The van der Waals surface area contributed by atoms with Crippen molar-refractivity contribution in [2.24, 2.45) is 11.8 Å². The van der Waals surface area contributed by atoms with Crippen molar-refractivity contribution in [3.63, 3.8) is 0 Å². The molecule has 0 amide bonds. The van der Waals surface area contributed by atoms with Gasteiger partial charge in [-0.3, -0.25) is 0 Å². The Balaban J connectivity index is 2.12. The van der Waals surface area contributed by atoms with Gasteiger partial charge in [0, 0.05) is 0 Å². The highest BCUT2D eigenvalue weighted by Gasteiger charge is 2.19. The van der Waals surface area contributed by atoms with Crippen LogP contribution in [0.5, 0.6) is 0 Å². The molecule has 1 saturated carbocycles. The summed E-state index contributed by atoms with van der Waals surface area (Å²) in [6.45, 7) is 8.09. The molecule has 1 rings (SSSR count). The van der Waals surface area contributed by atoms with Crippen molar-refractivity contribution in [1.82, 2.24) is 0 Å². The van der Waals surface area contributed by atoms with E-state index in [1.807, 2.05) is 0 Å². The summed E-state index contributed by atoms with van der Waals surface area (Å²) in [6, 6.07) is 0. The minimum absolute atomic E-state index is 0.745. The Bertz CT molecular complexity index is 205. The zero-order valence-electron chi connectivity index (χ0n) is 8.82.